The molecule has 0 bridgehead atoms. The molecule has 1 amide bonds. The maximum Gasteiger partial charge on any atom is 0.250 e. The van der Waals surface area contributed by atoms with Gasteiger partial charge in [-0.3, -0.25) is 10.1 Å². The lowest BCUT2D eigenvalue weighted by Crippen LogP contribution is -2.08. The molecule has 0 aliphatic rings. The Morgan fingerprint density at radius 1 is 0.889 bits per heavy atom. The molecule has 0 spiro atoms. The van der Waals surface area contributed by atoms with Gasteiger partial charge in [-0.1, -0.05) is 60.7 Å². The van der Waals surface area contributed by atoms with Crippen molar-refractivity contribution in [2.75, 3.05) is 26.6 Å². The predicted octanol–water partition coefficient (Wildman–Crippen LogP) is 6.16. The first kappa shape index (κ1) is 24.2. The Labute approximate surface area is 209 Å². The van der Waals surface area contributed by atoms with Crippen LogP contribution in [0.3, 0.4) is 0 Å². The number of benzene rings is 3. The van der Waals surface area contributed by atoms with Gasteiger partial charge < -0.3 is 18.6 Å². The second-order valence-corrected chi connectivity index (χ2v) is 7.64. The Bertz CT molecular complexity index is 1410. The van der Waals surface area contributed by atoms with E-state index in [4.69, 9.17) is 18.6 Å². The van der Waals surface area contributed by atoms with Crippen molar-refractivity contribution in [2.24, 2.45) is 0 Å². The highest BCUT2D eigenvalue weighted by Gasteiger charge is 2.23. The van der Waals surface area contributed by atoms with Crippen molar-refractivity contribution in [1.82, 2.24) is 0 Å². The van der Waals surface area contributed by atoms with Crippen LogP contribution in [0.25, 0.3) is 28.5 Å². The SMILES string of the molecule is COc1cc(/C=C/C(=O)Nc2oc(-c3ccccc3)c(-c3ccccc3)c2C#N)cc(OC)c1OC. The molecule has 36 heavy (non-hydrogen) atoms. The maximum atomic E-state index is 12.8. The van der Waals surface area contributed by atoms with E-state index in [9.17, 15) is 10.1 Å². The number of nitriles is 1. The van der Waals surface area contributed by atoms with Crippen molar-refractivity contribution in [2.45, 2.75) is 0 Å². The molecule has 0 saturated carbocycles. The highest BCUT2D eigenvalue weighted by molar-refractivity contribution is 6.03. The highest BCUT2D eigenvalue weighted by atomic mass is 16.5. The van der Waals surface area contributed by atoms with Gasteiger partial charge >= 0.3 is 0 Å². The smallest absolute Gasteiger partial charge is 0.250 e. The number of rotatable bonds is 8. The molecule has 7 nitrogen and oxygen atoms in total. The summed E-state index contributed by atoms with van der Waals surface area (Å²) in [4.78, 5) is 12.8. The zero-order valence-corrected chi connectivity index (χ0v) is 20.1. The Morgan fingerprint density at radius 2 is 1.47 bits per heavy atom. The molecule has 4 rings (SSSR count). The minimum Gasteiger partial charge on any atom is -0.493 e. The molecule has 0 radical (unpaired) electrons. The minimum atomic E-state index is -0.465. The van der Waals surface area contributed by atoms with E-state index in [1.807, 2.05) is 60.7 Å². The van der Waals surface area contributed by atoms with Gasteiger partial charge in [0.05, 0.1) is 21.3 Å². The highest BCUT2D eigenvalue weighted by Crippen LogP contribution is 2.41. The van der Waals surface area contributed by atoms with E-state index in [0.29, 0.717) is 34.1 Å². The topological polar surface area (TPSA) is 93.7 Å². The fourth-order valence-electron chi connectivity index (χ4n) is 3.82. The van der Waals surface area contributed by atoms with Crippen molar-refractivity contribution in [3.63, 3.8) is 0 Å². The number of furan rings is 1. The van der Waals surface area contributed by atoms with Crippen molar-refractivity contribution in [3.05, 3.63) is 90.0 Å². The van der Waals surface area contributed by atoms with Crippen LogP contribution in [0.4, 0.5) is 5.88 Å². The zero-order chi connectivity index (χ0) is 25.5. The van der Waals surface area contributed by atoms with E-state index in [2.05, 4.69) is 11.4 Å². The molecule has 3 aromatic carbocycles. The molecule has 0 unspecified atom stereocenters. The third-order valence-electron chi connectivity index (χ3n) is 5.47. The molecule has 0 saturated heterocycles. The van der Waals surface area contributed by atoms with Gasteiger partial charge in [0.25, 0.3) is 5.91 Å². The third-order valence-corrected chi connectivity index (χ3v) is 5.47. The molecule has 1 N–H and O–H groups in total. The summed E-state index contributed by atoms with van der Waals surface area (Å²) in [5, 5.41) is 12.7. The number of amides is 1. The van der Waals surface area contributed by atoms with Crippen LogP contribution in [0.1, 0.15) is 11.1 Å². The summed E-state index contributed by atoms with van der Waals surface area (Å²) in [7, 11) is 4.56. The normalized spacial score (nSPS) is 10.6. The second-order valence-electron chi connectivity index (χ2n) is 7.64. The summed E-state index contributed by atoms with van der Waals surface area (Å²) in [6.45, 7) is 0. The lowest BCUT2D eigenvalue weighted by Gasteiger charge is -2.12. The van der Waals surface area contributed by atoms with Crippen LogP contribution in [0.2, 0.25) is 0 Å². The van der Waals surface area contributed by atoms with Crippen molar-refractivity contribution >= 4 is 17.9 Å². The van der Waals surface area contributed by atoms with Crippen LogP contribution >= 0.6 is 0 Å². The average molecular weight is 481 g/mol. The molecule has 1 aromatic heterocycles. The van der Waals surface area contributed by atoms with E-state index in [-0.39, 0.29) is 11.4 Å². The van der Waals surface area contributed by atoms with Crippen LogP contribution in [0, 0.1) is 11.3 Å². The number of hydrogen-bond donors (Lipinski definition) is 1. The minimum absolute atomic E-state index is 0.0785. The first-order valence-corrected chi connectivity index (χ1v) is 11.1. The van der Waals surface area contributed by atoms with E-state index >= 15 is 0 Å². The number of methoxy groups -OCH3 is 3. The summed E-state index contributed by atoms with van der Waals surface area (Å²) >= 11 is 0. The van der Waals surface area contributed by atoms with Gasteiger partial charge in [-0.15, -0.1) is 0 Å². The van der Waals surface area contributed by atoms with Crippen LogP contribution in [0.15, 0.2) is 83.3 Å². The molecular weight excluding hydrogens is 456 g/mol. The van der Waals surface area contributed by atoms with Gasteiger partial charge in [0.2, 0.25) is 11.6 Å². The standard InChI is InChI=1S/C29H24N2O5/c1-33-23-16-19(17-24(34-2)28(23)35-3)14-15-25(32)31-29-22(18-30)26(20-10-6-4-7-11-20)27(36-29)21-12-8-5-9-13-21/h4-17H,1-3H3,(H,31,32)/b15-14+. The van der Waals surface area contributed by atoms with E-state index in [0.717, 1.165) is 11.1 Å². The molecule has 0 fully saturated rings. The van der Waals surface area contributed by atoms with Gasteiger partial charge in [0, 0.05) is 17.2 Å². The summed E-state index contributed by atoms with van der Waals surface area (Å²) in [5.74, 6) is 1.51. The number of hydrogen-bond acceptors (Lipinski definition) is 6. The van der Waals surface area contributed by atoms with Crippen LogP contribution in [-0.2, 0) is 4.79 Å². The fourth-order valence-corrected chi connectivity index (χ4v) is 3.82. The van der Waals surface area contributed by atoms with Crippen LogP contribution in [-0.4, -0.2) is 27.2 Å². The Balaban J connectivity index is 1.68. The van der Waals surface area contributed by atoms with Gasteiger partial charge in [-0.2, -0.15) is 5.26 Å². The summed E-state index contributed by atoms with van der Waals surface area (Å²) in [5.41, 5.74) is 3.13. The lowest BCUT2D eigenvalue weighted by molar-refractivity contribution is -0.111. The molecule has 0 aliphatic carbocycles. The van der Waals surface area contributed by atoms with Crippen LogP contribution in [0.5, 0.6) is 17.2 Å². The van der Waals surface area contributed by atoms with Crippen LogP contribution < -0.4 is 19.5 Å². The monoisotopic (exact) mass is 480 g/mol. The van der Waals surface area contributed by atoms with E-state index in [1.54, 1.807) is 18.2 Å². The summed E-state index contributed by atoms with van der Waals surface area (Å²) in [6.07, 6.45) is 2.94. The van der Waals surface area contributed by atoms with Gasteiger partial charge in [0.15, 0.2) is 11.5 Å². The Kier molecular flexibility index (Phi) is 7.37. The van der Waals surface area contributed by atoms with Crippen molar-refractivity contribution < 1.29 is 23.4 Å². The van der Waals surface area contributed by atoms with Gasteiger partial charge in [-0.05, 0) is 29.3 Å². The first-order valence-electron chi connectivity index (χ1n) is 11.1. The summed E-state index contributed by atoms with van der Waals surface area (Å²) in [6, 6.07) is 24.6. The molecule has 1 heterocycles. The van der Waals surface area contributed by atoms with E-state index < -0.39 is 5.91 Å². The van der Waals surface area contributed by atoms with Gasteiger partial charge in [-0.25, -0.2) is 0 Å². The number of carbonyl (C=O) groups excluding carboxylic acids is 1. The molecule has 0 aliphatic heterocycles. The first-order chi connectivity index (χ1) is 17.6. The average Bonchev–Trinajstić information content (AvgIpc) is 3.30. The van der Waals surface area contributed by atoms with Gasteiger partial charge in [0.1, 0.15) is 17.4 Å². The van der Waals surface area contributed by atoms with Crippen molar-refractivity contribution in [3.8, 4) is 45.8 Å². The van der Waals surface area contributed by atoms with Crippen molar-refractivity contribution in [1.29, 1.82) is 5.26 Å². The number of nitrogens with zero attached hydrogens (tertiary/aromatic N) is 1. The molecule has 0 atom stereocenters. The lowest BCUT2D eigenvalue weighted by atomic mass is 9.98. The zero-order valence-electron chi connectivity index (χ0n) is 20.1. The largest absolute Gasteiger partial charge is 0.493 e. The molecule has 7 heteroatoms. The molecule has 180 valence electrons. The predicted molar refractivity (Wildman–Crippen MR) is 138 cm³/mol. The Hall–Kier alpha value is -4.96. The third kappa shape index (κ3) is 4.93. The number of ether oxygens (including phenoxy) is 3. The number of nitrogens with one attached hydrogen (secondary N) is 1. The van der Waals surface area contributed by atoms with E-state index in [1.165, 1.54) is 27.4 Å². The fraction of sp³-hybridized carbons (Fsp3) is 0.103. The summed E-state index contributed by atoms with van der Waals surface area (Å²) < 4.78 is 22.1. The number of anilines is 1. The molecular formula is C29H24N2O5. The second kappa shape index (κ2) is 11.0. The number of carbonyl (C=O) groups is 1. The molecule has 4 aromatic rings. The maximum absolute atomic E-state index is 12.8. The quantitative estimate of drug-likeness (QED) is 0.304. The Morgan fingerprint density at radius 3 is 2.00 bits per heavy atom.